The monoisotopic (exact) mass is 238 g/mol. The first-order valence-corrected chi connectivity index (χ1v) is 5.57. The van der Waals surface area contributed by atoms with Crippen LogP contribution in [-0.2, 0) is 18.9 Å². The van der Waals surface area contributed by atoms with Crippen LogP contribution in [0.4, 0.5) is 0 Å². The van der Waals surface area contributed by atoms with Crippen molar-refractivity contribution in [3.63, 3.8) is 0 Å². The van der Waals surface area contributed by atoms with Crippen molar-refractivity contribution < 1.29 is 24.1 Å². The lowest BCUT2D eigenvalue weighted by Crippen LogP contribution is -2.07. The molecule has 1 N–H and O–H groups in total. The van der Waals surface area contributed by atoms with Gasteiger partial charge in [-0.25, -0.2) is 0 Å². The lowest BCUT2D eigenvalue weighted by molar-refractivity contribution is -0.00271. The molecule has 0 fully saturated rings. The van der Waals surface area contributed by atoms with Crippen molar-refractivity contribution in [1.82, 2.24) is 0 Å². The molecule has 0 spiro atoms. The normalized spacial score (nSPS) is 9.75. The van der Waals surface area contributed by atoms with Gasteiger partial charge < -0.3 is 24.1 Å². The molecule has 0 aliphatic heterocycles. The van der Waals surface area contributed by atoms with Gasteiger partial charge >= 0.3 is 0 Å². The van der Waals surface area contributed by atoms with Gasteiger partial charge in [-0.15, -0.1) is 0 Å². The van der Waals surface area contributed by atoms with Crippen molar-refractivity contribution in [3.8, 4) is 0 Å². The van der Waals surface area contributed by atoms with E-state index in [-0.39, 0.29) is 6.61 Å². The van der Waals surface area contributed by atoms with Gasteiger partial charge in [-0.2, -0.15) is 0 Å². The van der Waals surface area contributed by atoms with Crippen molar-refractivity contribution in [2.24, 2.45) is 0 Å². The number of unbranched alkanes of at least 4 members (excludes halogenated alkanes) is 1. The van der Waals surface area contributed by atoms with Gasteiger partial charge in [-0.3, -0.25) is 0 Å². The molecule has 0 saturated carbocycles. The van der Waals surface area contributed by atoms with E-state index in [2.05, 4.69) is 16.4 Å². The van der Waals surface area contributed by atoms with E-state index in [4.69, 9.17) is 14.6 Å². The number of methoxy groups -OCH3 is 2. The maximum absolute atomic E-state index is 8.34. The molecule has 0 heterocycles. The average molecular weight is 238 g/mol. The Morgan fingerprint density at radius 1 is 0.875 bits per heavy atom. The average Bonchev–Trinajstić information content (AvgIpc) is 2.30. The fraction of sp³-hybridized carbons (Fsp3) is 1.00. The van der Waals surface area contributed by atoms with Crippen molar-refractivity contribution >= 4 is 0 Å². The zero-order valence-corrected chi connectivity index (χ0v) is 10.7. The van der Waals surface area contributed by atoms with E-state index in [1.54, 1.807) is 14.2 Å². The van der Waals surface area contributed by atoms with Crippen LogP contribution in [0.1, 0.15) is 19.8 Å². The molecule has 0 atom stereocenters. The molecule has 100 valence electrons. The summed E-state index contributed by atoms with van der Waals surface area (Å²) < 4.78 is 19.1. The molecule has 5 heteroatoms. The van der Waals surface area contributed by atoms with Gasteiger partial charge in [0.2, 0.25) is 0 Å². The quantitative estimate of drug-likeness (QED) is 0.455. The summed E-state index contributed by atoms with van der Waals surface area (Å²) in [4.78, 5) is 0. The van der Waals surface area contributed by atoms with Crippen LogP contribution in [0.2, 0.25) is 0 Å². The summed E-state index contributed by atoms with van der Waals surface area (Å²) in [6.45, 7) is 5.07. The van der Waals surface area contributed by atoms with E-state index in [1.165, 1.54) is 0 Å². The second kappa shape index (κ2) is 20.2. The Kier molecular flexibility index (Phi) is 23.0. The zero-order valence-electron chi connectivity index (χ0n) is 10.7. The number of hydrogen-bond acceptors (Lipinski definition) is 5. The largest absolute Gasteiger partial charge is 0.394 e. The third kappa shape index (κ3) is 23.5. The highest BCUT2D eigenvalue weighted by Crippen LogP contribution is 1.87. The Hall–Kier alpha value is -0.200. The van der Waals surface area contributed by atoms with E-state index >= 15 is 0 Å². The lowest BCUT2D eigenvalue weighted by atomic mass is 10.4. The van der Waals surface area contributed by atoms with Crippen molar-refractivity contribution in [1.29, 1.82) is 0 Å². The molecule has 16 heavy (non-hydrogen) atoms. The molecule has 0 saturated heterocycles. The first-order valence-electron chi connectivity index (χ1n) is 5.57. The molecule has 0 rings (SSSR count). The van der Waals surface area contributed by atoms with E-state index in [0.29, 0.717) is 26.6 Å². The summed E-state index contributed by atoms with van der Waals surface area (Å²) in [6, 6.07) is 0. The number of aliphatic hydroxyl groups is 1. The minimum Gasteiger partial charge on any atom is -0.394 e. The zero-order chi connectivity index (χ0) is 12.5. The summed E-state index contributed by atoms with van der Waals surface area (Å²) in [6.07, 6.45) is 2.28. The minimum atomic E-state index is 0.0922. The summed E-state index contributed by atoms with van der Waals surface area (Å²) >= 11 is 0. The Labute approximate surface area is 98.6 Å². The number of hydrogen-bond donors (Lipinski definition) is 1. The molecule has 0 aliphatic carbocycles. The molecule has 0 aromatic heterocycles. The fourth-order valence-corrected chi connectivity index (χ4v) is 0.751. The molecule has 0 bridgehead atoms. The predicted octanol–water partition coefficient (Wildman–Crippen LogP) is 1.05. The van der Waals surface area contributed by atoms with E-state index < -0.39 is 0 Å². The lowest BCUT2D eigenvalue weighted by Gasteiger charge is -2.02. The van der Waals surface area contributed by atoms with Gasteiger partial charge in [-0.1, -0.05) is 13.3 Å². The van der Waals surface area contributed by atoms with E-state index in [0.717, 1.165) is 19.4 Å². The fourth-order valence-electron chi connectivity index (χ4n) is 0.751. The maximum atomic E-state index is 8.34. The molecular formula is C11H26O5. The first kappa shape index (κ1) is 18.2. The topological polar surface area (TPSA) is 57.2 Å². The van der Waals surface area contributed by atoms with Crippen LogP contribution in [0, 0.1) is 0 Å². The SMILES string of the molecule is CCCCOCCOCCO.COCOC. The number of ether oxygens (including phenoxy) is 4. The van der Waals surface area contributed by atoms with Crippen molar-refractivity contribution in [2.75, 3.05) is 54.0 Å². The molecule has 0 amide bonds. The van der Waals surface area contributed by atoms with Crippen molar-refractivity contribution in [3.05, 3.63) is 0 Å². The van der Waals surface area contributed by atoms with Crippen LogP contribution in [0.5, 0.6) is 0 Å². The van der Waals surface area contributed by atoms with Gasteiger partial charge in [-0.05, 0) is 6.42 Å². The number of aliphatic hydroxyl groups excluding tert-OH is 1. The molecule has 0 aromatic carbocycles. The Morgan fingerprint density at radius 3 is 1.81 bits per heavy atom. The van der Waals surface area contributed by atoms with Crippen LogP contribution in [0.15, 0.2) is 0 Å². The van der Waals surface area contributed by atoms with Gasteiger partial charge in [0.1, 0.15) is 6.79 Å². The second-order valence-corrected chi connectivity index (χ2v) is 3.00. The maximum Gasteiger partial charge on any atom is 0.145 e. The molecule has 5 nitrogen and oxygen atoms in total. The summed E-state index contributed by atoms with van der Waals surface area (Å²) in [5, 5.41) is 8.34. The van der Waals surface area contributed by atoms with E-state index in [9.17, 15) is 0 Å². The van der Waals surface area contributed by atoms with Crippen LogP contribution >= 0.6 is 0 Å². The van der Waals surface area contributed by atoms with Crippen LogP contribution in [0.25, 0.3) is 0 Å². The molecular weight excluding hydrogens is 212 g/mol. The predicted molar refractivity (Wildman–Crippen MR) is 62.5 cm³/mol. The highest BCUT2D eigenvalue weighted by atomic mass is 16.6. The Balaban J connectivity index is 0. The molecule has 0 aliphatic rings. The Bertz CT molecular complexity index is 90.4. The van der Waals surface area contributed by atoms with Gasteiger partial charge in [0.15, 0.2) is 0 Å². The van der Waals surface area contributed by atoms with Crippen LogP contribution in [0.3, 0.4) is 0 Å². The van der Waals surface area contributed by atoms with Gasteiger partial charge in [0.05, 0.1) is 26.4 Å². The smallest absolute Gasteiger partial charge is 0.145 e. The third-order valence-corrected chi connectivity index (χ3v) is 1.49. The van der Waals surface area contributed by atoms with Gasteiger partial charge in [0, 0.05) is 20.8 Å². The minimum absolute atomic E-state index is 0.0922. The Morgan fingerprint density at radius 2 is 1.44 bits per heavy atom. The van der Waals surface area contributed by atoms with Crippen molar-refractivity contribution in [2.45, 2.75) is 19.8 Å². The van der Waals surface area contributed by atoms with Gasteiger partial charge in [0.25, 0.3) is 0 Å². The summed E-state index contributed by atoms with van der Waals surface area (Å²) in [5.41, 5.74) is 0. The molecule has 0 radical (unpaired) electrons. The standard InChI is InChI=1S/C8H18O3.C3H8O2/c1-2-3-5-10-7-8-11-6-4-9;1-4-3-5-2/h9H,2-8H2,1H3;3H2,1-2H3. The molecule has 0 unspecified atom stereocenters. The highest BCUT2D eigenvalue weighted by Gasteiger charge is 1.87. The second-order valence-electron chi connectivity index (χ2n) is 3.00. The highest BCUT2D eigenvalue weighted by molar-refractivity contribution is 4.33. The number of rotatable bonds is 10. The third-order valence-electron chi connectivity index (χ3n) is 1.49. The molecule has 0 aromatic rings. The summed E-state index contributed by atoms with van der Waals surface area (Å²) in [7, 11) is 3.17. The first-order chi connectivity index (χ1) is 7.83. The van der Waals surface area contributed by atoms with Crippen LogP contribution < -0.4 is 0 Å². The summed E-state index contributed by atoms with van der Waals surface area (Å²) in [5.74, 6) is 0. The van der Waals surface area contributed by atoms with E-state index in [1.807, 2.05) is 0 Å². The van der Waals surface area contributed by atoms with Crippen LogP contribution in [-0.4, -0.2) is 59.2 Å².